The molecule has 0 aliphatic heterocycles. The van der Waals surface area contributed by atoms with Crippen LogP contribution in [-0.4, -0.2) is 28.1 Å². The SMILES string of the molecule is CCCNCCNS(=O)(=O)c1ccccc1Br. The van der Waals surface area contributed by atoms with E-state index in [1.807, 2.05) is 0 Å². The summed E-state index contributed by atoms with van der Waals surface area (Å²) in [5.74, 6) is 0. The normalized spacial score (nSPS) is 11.6. The topological polar surface area (TPSA) is 58.2 Å². The van der Waals surface area contributed by atoms with Crippen LogP contribution in [0.4, 0.5) is 0 Å². The second-order valence-electron chi connectivity index (χ2n) is 3.58. The van der Waals surface area contributed by atoms with Gasteiger partial charge in [0.15, 0.2) is 0 Å². The molecule has 2 N–H and O–H groups in total. The highest BCUT2D eigenvalue weighted by atomic mass is 79.9. The number of hydrogen-bond acceptors (Lipinski definition) is 3. The lowest BCUT2D eigenvalue weighted by atomic mass is 10.4. The summed E-state index contributed by atoms with van der Waals surface area (Å²) in [4.78, 5) is 0.274. The highest BCUT2D eigenvalue weighted by molar-refractivity contribution is 9.10. The van der Waals surface area contributed by atoms with E-state index in [9.17, 15) is 8.42 Å². The fraction of sp³-hybridized carbons (Fsp3) is 0.455. The fourth-order valence-corrected chi connectivity index (χ4v) is 3.35. The highest BCUT2D eigenvalue weighted by Crippen LogP contribution is 2.20. The van der Waals surface area contributed by atoms with Gasteiger partial charge in [-0.2, -0.15) is 0 Å². The molecule has 6 heteroatoms. The van der Waals surface area contributed by atoms with Crippen LogP contribution < -0.4 is 10.0 Å². The second kappa shape index (κ2) is 7.10. The van der Waals surface area contributed by atoms with Gasteiger partial charge >= 0.3 is 0 Å². The minimum Gasteiger partial charge on any atom is -0.315 e. The van der Waals surface area contributed by atoms with Gasteiger partial charge in [-0.15, -0.1) is 0 Å². The zero-order chi connectivity index (χ0) is 12.7. The van der Waals surface area contributed by atoms with Crippen LogP contribution in [0.3, 0.4) is 0 Å². The van der Waals surface area contributed by atoms with Gasteiger partial charge in [0.1, 0.15) is 0 Å². The highest BCUT2D eigenvalue weighted by Gasteiger charge is 2.15. The predicted molar refractivity (Wildman–Crippen MR) is 72.5 cm³/mol. The molecule has 0 amide bonds. The van der Waals surface area contributed by atoms with Crippen molar-refractivity contribution in [1.29, 1.82) is 0 Å². The van der Waals surface area contributed by atoms with E-state index in [0.29, 0.717) is 17.6 Å². The minimum absolute atomic E-state index is 0.274. The maximum absolute atomic E-state index is 11.9. The molecule has 0 radical (unpaired) electrons. The number of sulfonamides is 1. The molecule has 0 atom stereocenters. The molecular weight excluding hydrogens is 304 g/mol. The summed E-state index contributed by atoms with van der Waals surface area (Å²) in [5, 5.41) is 3.14. The Balaban J connectivity index is 2.55. The van der Waals surface area contributed by atoms with Crippen molar-refractivity contribution < 1.29 is 8.42 Å². The van der Waals surface area contributed by atoms with Gasteiger partial charge in [0.2, 0.25) is 10.0 Å². The lowest BCUT2D eigenvalue weighted by molar-refractivity contribution is 0.575. The monoisotopic (exact) mass is 320 g/mol. The van der Waals surface area contributed by atoms with Gasteiger partial charge in [0.25, 0.3) is 0 Å². The first-order valence-electron chi connectivity index (χ1n) is 5.53. The van der Waals surface area contributed by atoms with Gasteiger partial charge in [-0.1, -0.05) is 19.1 Å². The fourth-order valence-electron chi connectivity index (χ4n) is 1.32. The van der Waals surface area contributed by atoms with Crippen LogP contribution in [0, 0.1) is 0 Å². The first kappa shape index (κ1) is 14.6. The number of halogens is 1. The number of benzene rings is 1. The Morgan fingerprint density at radius 2 is 1.88 bits per heavy atom. The molecule has 0 bridgehead atoms. The molecule has 4 nitrogen and oxygen atoms in total. The van der Waals surface area contributed by atoms with E-state index in [1.165, 1.54) is 0 Å². The van der Waals surface area contributed by atoms with Crippen molar-refractivity contribution in [3.8, 4) is 0 Å². The number of nitrogens with one attached hydrogen (secondary N) is 2. The van der Waals surface area contributed by atoms with Crippen molar-refractivity contribution in [3.05, 3.63) is 28.7 Å². The van der Waals surface area contributed by atoms with E-state index < -0.39 is 10.0 Å². The van der Waals surface area contributed by atoms with Crippen LogP contribution >= 0.6 is 15.9 Å². The summed E-state index contributed by atoms with van der Waals surface area (Å²) >= 11 is 3.23. The molecule has 96 valence electrons. The van der Waals surface area contributed by atoms with Gasteiger partial charge < -0.3 is 5.32 Å². The lowest BCUT2D eigenvalue weighted by Gasteiger charge is -2.08. The molecule has 1 aromatic carbocycles. The van der Waals surface area contributed by atoms with Gasteiger partial charge in [-0.3, -0.25) is 0 Å². The molecule has 0 fully saturated rings. The molecule has 0 aromatic heterocycles. The maximum atomic E-state index is 11.9. The molecular formula is C11H17BrN2O2S. The van der Waals surface area contributed by atoms with Crippen LogP contribution in [0.1, 0.15) is 13.3 Å². The zero-order valence-electron chi connectivity index (χ0n) is 9.74. The van der Waals surface area contributed by atoms with Gasteiger partial charge in [0.05, 0.1) is 4.90 Å². The standard InChI is InChI=1S/C11H17BrN2O2S/c1-2-7-13-8-9-14-17(15,16)11-6-4-3-5-10(11)12/h3-6,13-14H,2,7-9H2,1H3. The van der Waals surface area contributed by atoms with Gasteiger partial charge in [0, 0.05) is 17.6 Å². The van der Waals surface area contributed by atoms with Crippen molar-refractivity contribution in [3.63, 3.8) is 0 Å². The average molecular weight is 321 g/mol. The second-order valence-corrected chi connectivity index (χ2v) is 6.17. The Kier molecular flexibility index (Phi) is 6.11. The van der Waals surface area contributed by atoms with Crippen molar-refractivity contribution >= 4 is 26.0 Å². The van der Waals surface area contributed by atoms with Crippen molar-refractivity contribution in [1.82, 2.24) is 10.0 Å². The Morgan fingerprint density at radius 3 is 2.53 bits per heavy atom. The zero-order valence-corrected chi connectivity index (χ0v) is 12.1. The van der Waals surface area contributed by atoms with E-state index in [0.717, 1.165) is 13.0 Å². The van der Waals surface area contributed by atoms with Crippen molar-refractivity contribution in [2.24, 2.45) is 0 Å². The summed E-state index contributed by atoms with van der Waals surface area (Å²) < 4.78 is 27.0. The Hall–Kier alpha value is -0.430. The first-order valence-corrected chi connectivity index (χ1v) is 7.80. The summed E-state index contributed by atoms with van der Waals surface area (Å²) in [7, 11) is -3.42. The largest absolute Gasteiger partial charge is 0.315 e. The van der Waals surface area contributed by atoms with Crippen LogP contribution in [0.5, 0.6) is 0 Å². The van der Waals surface area contributed by atoms with Crippen LogP contribution in [0.15, 0.2) is 33.6 Å². The Bertz CT molecular complexity index is 449. The molecule has 0 saturated carbocycles. The van der Waals surface area contributed by atoms with Crippen molar-refractivity contribution in [2.75, 3.05) is 19.6 Å². The summed E-state index contributed by atoms with van der Waals surface area (Å²) in [6.45, 7) is 4.00. The van der Waals surface area contributed by atoms with E-state index in [-0.39, 0.29) is 4.90 Å². The molecule has 0 aliphatic rings. The van der Waals surface area contributed by atoms with Crippen molar-refractivity contribution in [2.45, 2.75) is 18.2 Å². The first-order chi connectivity index (χ1) is 8.08. The predicted octanol–water partition coefficient (Wildman–Crippen LogP) is 1.73. The summed E-state index contributed by atoms with van der Waals surface area (Å²) in [6, 6.07) is 6.77. The molecule has 0 spiro atoms. The molecule has 0 unspecified atom stereocenters. The molecule has 0 aliphatic carbocycles. The van der Waals surface area contributed by atoms with Gasteiger partial charge in [-0.05, 0) is 41.0 Å². The lowest BCUT2D eigenvalue weighted by Crippen LogP contribution is -2.32. The molecule has 0 saturated heterocycles. The smallest absolute Gasteiger partial charge is 0.241 e. The maximum Gasteiger partial charge on any atom is 0.241 e. The Labute approximate surface area is 111 Å². The van der Waals surface area contributed by atoms with E-state index in [4.69, 9.17) is 0 Å². The van der Waals surface area contributed by atoms with Crippen LogP contribution in [0.25, 0.3) is 0 Å². The van der Waals surface area contributed by atoms with E-state index >= 15 is 0 Å². The number of hydrogen-bond donors (Lipinski definition) is 2. The van der Waals surface area contributed by atoms with E-state index in [2.05, 4.69) is 32.9 Å². The van der Waals surface area contributed by atoms with Crippen LogP contribution in [-0.2, 0) is 10.0 Å². The van der Waals surface area contributed by atoms with E-state index in [1.54, 1.807) is 24.3 Å². The molecule has 1 aromatic rings. The average Bonchev–Trinajstić information content (AvgIpc) is 2.29. The summed E-state index contributed by atoms with van der Waals surface area (Å²) in [6.07, 6.45) is 1.04. The third kappa shape index (κ3) is 4.75. The number of rotatable bonds is 7. The summed E-state index contributed by atoms with van der Waals surface area (Å²) in [5.41, 5.74) is 0. The molecule has 1 rings (SSSR count). The molecule has 17 heavy (non-hydrogen) atoms. The molecule has 0 heterocycles. The Morgan fingerprint density at radius 1 is 1.18 bits per heavy atom. The van der Waals surface area contributed by atoms with Crippen LogP contribution in [0.2, 0.25) is 0 Å². The third-order valence-electron chi connectivity index (χ3n) is 2.15. The minimum atomic E-state index is -3.42. The quantitative estimate of drug-likeness (QED) is 0.752. The van der Waals surface area contributed by atoms with Gasteiger partial charge in [-0.25, -0.2) is 13.1 Å². The third-order valence-corrected chi connectivity index (χ3v) is 4.62.